The van der Waals surface area contributed by atoms with E-state index in [0.29, 0.717) is 0 Å². The fraction of sp³-hybridized carbons (Fsp3) is 0.909. The molecule has 5 atom stereocenters. The zero-order chi connectivity index (χ0) is 18.3. The van der Waals surface area contributed by atoms with Crippen LogP contribution in [-0.2, 0) is 14.2 Å². The van der Waals surface area contributed by atoms with Crippen molar-refractivity contribution in [3.8, 4) is 0 Å². The maximum Gasteiger partial charge on any atom is 0.407 e. The van der Waals surface area contributed by atoms with Gasteiger partial charge >= 0.3 is 6.09 Å². The van der Waals surface area contributed by atoms with E-state index < -0.39 is 53.7 Å². The molecule has 13 heteroatoms. The van der Waals surface area contributed by atoms with Gasteiger partial charge in [-0.15, -0.1) is 4.48 Å². The van der Waals surface area contributed by atoms with Gasteiger partial charge in [-0.3, -0.25) is 0 Å². The molecule has 9 nitrogen and oxygen atoms in total. The molecule has 24 heavy (non-hydrogen) atoms. The fourth-order valence-electron chi connectivity index (χ4n) is 1.92. The van der Waals surface area contributed by atoms with Crippen LogP contribution in [0.25, 0.3) is 0 Å². The lowest BCUT2D eigenvalue weighted by Gasteiger charge is -2.42. The third-order valence-electron chi connectivity index (χ3n) is 3.01. The Hall–Kier alpha value is -0.170. The third-order valence-corrected chi connectivity index (χ3v) is 3.34. The first-order valence-corrected chi connectivity index (χ1v) is 7.90. The molecule has 0 radical (unpaired) electrons. The molecular formula is C11H18Cl3FN2O7. The van der Waals surface area contributed by atoms with Crippen LogP contribution in [0.1, 0.15) is 0 Å². The number of amides is 1. The Morgan fingerprint density at radius 2 is 1.96 bits per heavy atom. The van der Waals surface area contributed by atoms with Gasteiger partial charge in [0.25, 0.3) is 0 Å². The summed E-state index contributed by atoms with van der Waals surface area (Å²) in [6, 6.07) is -1.27. The molecule has 1 heterocycles. The average Bonchev–Trinajstić information content (AvgIpc) is 2.51. The van der Waals surface area contributed by atoms with Crippen molar-refractivity contribution in [2.75, 3.05) is 26.4 Å². The number of rotatable bonds is 7. The highest BCUT2D eigenvalue weighted by atomic mass is 35.6. The number of hydrogen-bond donors (Lipinski definition) is 5. The number of aliphatic hydroxyl groups excluding tert-OH is 3. The van der Waals surface area contributed by atoms with E-state index in [4.69, 9.17) is 49.4 Å². The quantitative estimate of drug-likeness (QED) is 0.211. The van der Waals surface area contributed by atoms with Crippen molar-refractivity contribution in [3.63, 3.8) is 0 Å². The Kier molecular flexibility index (Phi) is 9.20. The predicted molar refractivity (Wildman–Crippen MR) is 81.4 cm³/mol. The summed E-state index contributed by atoms with van der Waals surface area (Å²) in [5, 5.41) is 31.3. The second-order valence-corrected chi connectivity index (χ2v) is 7.34. The summed E-state index contributed by atoms with van der Waals surface area (Å²) in [4.78, 5) is 11.7. The first-order valence-electron chi connectivity index (χ1n) is 6.77. The predicted octanol–water partition coefficient (Wildman–Crippen LogP) is -0.619. The number of halogens is 4. The number of ether oxygens (including phenoxy) is 3. The summed E-state index contributed by atoms with van der Waals surface area (Å²) in [5.74, 6) is 0. The maximum absolute atomic E-state index is 11.9. The molecule has 1 aliphatic heterocycles. The zero-order valence-corrected chi connectivity index (χ0v) is 14.5. The van der Waals surface area contributed by atoms with E-state index in [-0.39, 0.29) is 13.2 Å². The summed E-state index contributed by atoms with van der Waals surface area (Å²) in [6.07, 6.45) is -6.57. The second-order valence-electron chi connectivity index (χ2n) is 4.82. The number of alkyl halides is 3. The van der Waals surface area contributed by atoms with Crippen LogP contribution in [-0.4, -0.2) is 82.2 Å². The SMILES string of the molecule is O=C(N[C@H]1C(O)[C@@H](O)C(CO)O[C@H]1OCCNF)OCC(Cl)(Cl)Cl. The summed E-state index contributed by atoms with van der Waals surface area (Å²) in [7, 11) is 0. The molecule has 1 rings (SSSR count). The molecule has 2 unspecified atom stereocenters. The molecule has 0 saturated carbocycles. The van der Waals surface area contributed by atoms with Gasteiger partial charge in [-0.2, -0.15) is 5.54 Å². The minimum absolute atomic E-state index is 0.177. The smallest absolute Gasteiger partial charge is 0.407 e. The van der Waals surface area contributed by atoms with Crippen molar-refractivity contribution in [1.82, 2.24) is 10.9 Å². The summed E-state index contributed by atoms with van der Waals surface area (Å²) in [6.45, 7) is -1.54. The molecular weight excluding hydrogens is 397 g/mol. The molecule has 1 saturated heterocycles. The molecule has 0 aromatic carbocycles. The summed E-state index contributed by atoms with van der Waals surface area (Å²) < 4.78 is 25.2. The van der Waals surface area contributed by atoms with E-state index in [1.165, 1.54) is 5.54 Å². The highest BCUT2D eigenvalue weighted by Crippen LogP contribution is 2.26. The van der Waals surface area contributed by atoms with E-state index in [0.717, 1.165) is 0 Å². The summed E-state index contributed by atoms with van der Waals surface area (Å²) in [5.41, 5.74) is 1.35. The van der Waals surface area contributed by atoms with E-state index in [1.807, 2.05) is 0 Å². The van der Waals surface area contributed by atoms with Gasteiger partial charge in [-0.25, -0.2) is 4.79 Å². The van der Waals surface area contributed by atoms with Crippen LogP contribution < -0.4 is 10.9 Å². The Morgan fingerprint density at radius 3 is 2.50 bits per heavy atom. The molecule has 0 aromatic heterocycles. The van der Waals surface area contributed by atoms with Crippen LogP contribution in [0, 0.1) is 0 Å². The molecule has 1 fully saturated rings. The van der Waals surface area contributed by atoms with Gasteiger partial charge in [0.2, 0.25) is 3.79 Å². The molecule has 1 amide bonds. The fourth-order valence-corrected chi connectivity index (χ4v) is 2.08. The number of carbonyl (C=O) groups is 1. The Morgan fingerprint density at radius 1 is 1.29 bits per heavy atom. The highest BCUT2D eigenvalue weighted by Gasteiger charge is 2.46. The van der Waals surface area contributed by atoms with Crippen molar-refractivity contribution in [3.05, 3.63) is 0 Å². The Labute approximate surface area is 151 Å². The minimum atomic E-state index is -1.83. The van der Waals surface area contributed by atoms with Crippen LogP contribution in [0.5, 0.6) is 0 Å². The average molecular weight is 416 g/mol. The Bertz CT molecular complexity index is 404. The van der Waals surface area contributed by atoms with Crippen molar-refractivity contribution in [2.45, 2.75) is 34.4 Å². The van der Waals surface area contributed by atoms with E-state index in [1.54, 1.807) is 0 Å². The largest absolute Gasteiger partial charge is 0.445 e. The van der Waals surface area contributed by atoms with Crippen LogP contribution in [0.2, 0.25) is 0 Å². The molecule has 0 bridgehead atoms. The standard InChI is InChI=1S/C11H18Cl3FN2O7/c12-11(13,14)4-23-10(21)17-6-8(20)7(19)5(3-18)24-9(6)22-2-1-16-15/h5-9,16,18-20H,1-4H2,(H,17,21)/t5?,6-,7-,8?,9+/m0/s1. The van der Waals surface area contributed by atoms with Gasteiger partial charge in [-0.05, 0) is 0 Å². The van der Waals surface area contributed by atoms with Gasteiger partial charge in [0, 0.05) is 6.54 Å². The molecule has 0 aliphatic carbocycles. The molecule has 0 spiro atoms. The first-order chi connectivity index (χ1) is 11.2. The van der Waals surface area contributed by atoms with Crippen LogP contribution in [0.3, 0.4) is 0 Å². The van der Waals surface area contributed by atoms with E-state index in [2.05, 4.69) is 10.1 Å². The van der Waals surface area contributed by atoms with E-state index >= 15 is 0 Å². The third kappa shape index (κ3) is 6.98. The monoisotopic (exact) mass is 414 g/mol. The summed E-state index contributed by atoms with van der Waals surface area (Å²) >= 11 is 16.3. The molecule has 0 aromatic rings. The number of nitrogens with one attached hydrogen (secondary N) is 2. The number of carbonyl (C=O) groups excluding carboxylic acids is 1. The lowest BCUT2D eigenvalue weighted by atomic mass is 9.97. The molecule has 5 N–H and O–H groups in total. The first kappa shape index (κ1) is 21.9. The van der Waals surface area contributed by atoms with Gasteiger partial charge in [-0.1, -0.05) is 34.8 Å². The highest BCUT2D eigenvalue weighted by molar-refractivity contribution is 6.67. The minimum Gasteiger partial charge on any atom is -0.445 e. The van der Waals surface area contributed by atoms with Crippen molar-refractivity contribution < 1.29 is 38.8 Å². The van der Waals surface area contributed by atoms with Crippen molar-refractivity contribution >= 4 is 40.9 Å². The van der Waals surface area contributed by atoms with Crippen molar-refractivity contribution in [1.29, 1.82) is 0 Å². The van der Waals surface area contributed by atoms with Crippen molar-refractivity contribution in [2.24, 2.45) is 0 Å². The number of alkyl carbamates (subject to hydrolysis) is 1. The van der Waals surface area contributed by atoms with Crippen LogP contribution in [0.15, 0.2) is 0 Å². The van der Waals surface area contributed by atoms with Crippen LogP contribution in [0.4, 0.5) is 9.28 Å². The topological polar surface area (TPSA) is 130 Å². The van der Waals surface area contributed by atoms with Crippen LogP contribution >= 0.6 is 34.8 Å². The van der Waals surface area contributed by atoms with Gasteiger partial charge in [0.1, 0.15) is 31.0 Å². The molecule has 142 valence electrons. The maximum atomic E-state index is 11.9. The van der Waals surface area contributed by atoms with Gasteiger partial charge in [0.05, 0.1) is 13.2 Å². The number of hydrogen-bond acceptors (Lipinski definition) is 8. The van der Waals surface area contributed by atoms with Gasteiger partial charge in [0.15, 0.2) is 6.29 Å². The Balaban J connectivity index is 2.71. The zero-order valence-electron chi connectivity index (χ0n) is 12.2. The second kappa shape index (κ2) is 10.1. The lowest BCUT2D eigenvalue weighted by Crippen LogP contribution is -2.65. The van der Waals surface area contributed by atoms with E-state index in [9.17, 15) is 19.5 Å². The van der Waals surface area contributed by atoms with Gasteiger partial charge < -0.3 is 34.8 Å². The molecule has 1 aliphatic rings. The normalized spacial score (nSPS) is 30.9. The lowest BCUT2D eigenvalue weighted by molar-refractivity contribution is -0.269. The number of aliphatic hydroxyl groups is 3.